The Bertz CT molecular complexity index is 533. The maximum Gasteiger partial charge on any atom is 0.226 e. The number of anilines is 2. The van der Waals surface area contributed by atoms with Gasteiger partial charge in [0.05, 0.1) is 12.8 Å². The Morgan fingerprint density at radius 1 is 1.56 bits per heavy atom. The Morgan fingerprint density at radius 3 is 2.94 bits per heavy atom. The maximum absolute atomic E-state index is 13.9. The van der Waals surface area contributed by atoms with Gasteiger partial charge in [0, 0.05) is 7.05 Å². The molecule has 0 unspecified atom stereocenters. The van der Waals surface area contributed by atoms with Crippen LogP contribution in [-0.4, -0.2) is 17.0 Å². The van der Waals surface area contributed by atoms with Crippen LogP contribution in [0.25, 0.3) is 0 Å². The molecule has 0 aliphatic heterocycles. The standard InChI is InChI=1S/C10H11ClFN5O/c1-17(5-6-3-2-4-18-6)9-7(12)8(16-13)14-10(11)15-9/h2-4H,5,13H2,1H3,(H,14,15,16). The summed E-state index contributed by atoms with van der Waals surface area (Å²) in [4.78, 5) is 9.00. The maximum atomic E-state index is 13.9. The van der Waals surface area contributed by atoms with Crippen LogP contribution in [0.1, 0.15) is 5.76 Å². The molecule has 0 saturated heterocycles. The SMILES string of the molecule is CN(Cc1ccco1)c1nc(Cl)nc(NN)c1F. The summed E-state index contributed by atoms with van der Waals surface area (Å²) in [7, 11) is 1.66. The van der Waals surface area contributed by atoms with Gasteiger partial charge in [-0.05, 0) is 23.7 Å². The fraction of sp³-hybridized carbons (Fsp3) is 0.200. The van der Waals surface area contributed by atoms with E-state index in [4.69, 9.17) is 21.9 Å². The van der Waals surface area contributed by atoms with Crippen LogP contribution in [-0.2, 0) is 6.54 Å². The normalized spacial score (nSPS) is 10.4. The van der Waals surface area contributed by atoms with Gasteiger partial charge in [-0.3, -0.25) is 0 Å². The average molecular weight is 272 g/mol. The monoisotopic (exact) mass is 271 g/mol. The van der Waals surface area contributed by atoms with E-state index in [0.29, 0.717) is 12.3 Å². The molecule has 0 spiro atoms. The highest BCUT2D eigenvalue weighted by atomic mass is 35.5. The third-order valence-electron chi connectivity index (χ3n) is 2.28. The third kappa shape index (κ3) is 2.52. The highest BCUT2D eigenvalue weighted by Gasteiger charge is 2.17. The van der Waals surface area contributed by atoms with E-state index >= 15 is 0 Å². The lowest BCUT2D eigenvalue weighted by Gasteiger charge is -2.18. The molecule has 0 bridgehead atoms. The summed E-state index contributed by atoms with van der Waals surface area (Å²) in [6.45, 7) is 0.348. The van der Waals surface area contributed by atoms with E-state index in [1.165, 1.54) is 0 Å². The van der Waals surface area contributed by atoms with E-state index < -0.39 is 5.82 Å². The van der Waals surface area contributed by atoms with Gasteiger partial charge in [0.2, 0.25) is 11.1 Å². The van der Waals surface area contributed by atoms with E-state index in [9.17, 15) is 4.39 Å². The van der Waals surface area contributed by atoms with E-state index in [2.05, 4.69) is 15.4 Å². The molecule has 96 valence electrons. The van der Waals surface area contributed by atoms with Gasteiger partial charge in [-0.25, -0.2) is 5.84 Å². The van der Waals surface area contributed by atoms with Crippen LogP contribution >= 0.6 is 11.6 Å². The number of nitrogens with zero attached hydrogens (tertiary/aromatic N) is 3. The third-order valence-corrected chi connectivity index (χ3v) is 2.45. The Balaban J connectivity index is 2.29. The van der Waals surface area contributed by atoms with Crippen molar-refractivity contribution in [2.45, 2.75) is 6.54 Å². The first-order chi connectivity index (χ1) is 8.61. The first-order valence-corrected chi connectivity index (χ1v) is 5.42. The second-order valence-corrected chi connectivity index (χ2v) is 3.90. The van der Waals surface area contributed by atoms with Gasteiger partial charge < -0.3 is 14.7 Å². The molecule has 2 aromatic rings. The second-order valence-electron chi connectivity index (χ2n) is 3.56. The van der Waals surface area contributed by atoms with Crippen molar-refractivity contribution in [3.8, 4) is 0 Å². The van der Waals surface area contributed by atoms with Gasteiger partial charge >= 0.3 is 0 Å². The van der Waals surface area contributed by atoms with Crippen LogP contribution < -0.4 is 16.2 Å². The summed E-state index contributed by atoms with van der Waals surface area (Å²) in [5.41, 5.74) is 2.13. The van der Waals surface area contributed by atoms with E-state index in [1.807, 2.05) is 0 Å². The van der Waals surface area contributed by atoms with Crippen molar-refractivity contribution in [2.24, 2.45) is 5.84 Å². The van der Waals surface area contributed by atoms with Crippen molar-refractivity contribution < 1.29 is 8.81 Å². The highest BCUT2D eigenvalue weighted by molar-refractivity contribution is 6.28. The van der Waals surface area contributed by atoms with Crippen LogP contribution in [0, 0.1) is 5.82 Å². The summed E-state index contributed by atoms with van der Waals surface area (Å²) in [5.74, 6) is 5.04. The lowest BCUT2D eigenvalue weighted by Crippen LogP contribution is -2.21. The number of nitrogens with one attached hydrogen (secondary N) is 1. The fourth-order valence-electron chi connectivity index (χ4n) is 1.47. The predicted octanol–water partition coefficient (Wildman–Crippen LogP) is 1.78. The minimum Gasteiger partial charge on any atom is -0.467 e. The number of furan rings is 1. The fourth-order valence-corrected chi connectivity index (χ4v) is 1.63. The largest absolute Gasteiger partial charge is 0.467 e. The van der Waals surface area contributed by atoms with Gasteiger partial charge in [0.15, 0.2) is 11.6 Å². The van der Waals surface area contributed by atoms with Gasteiger partial charge in [0.25, 0.3) is 0 Å². The first kappa shape index (κ1) is 12.6. The number of hydrogen-bond acceptors (Lipinski definition) is 6. The molecule has 6 nitrogen and oxygen atoms in total. The summed E-state index contributed by atoms with van der Waals surface area (Å²) in [6, 6.07) is 3.53. The molecule has 2 heterocycles. The molecule has 0 aromatic carbocycles. The molecule has 8 heteroatoms. The smallest absolute Gasteiger partial charge is 0.226 e. The molecule has 2 aromatic heterocycles. The number of aromatic nitrogens is 2. The summed E-state index contributed by atoms with van der Waals surface area (Å²) in [6.07, 6.45) is 1.54. The second kappa shape index (κ2) is 5.19. The molecular weight excluding hydrogens is 261 g/mol. The zero-order valence-electron chi connectivity index (χ0n) is 9.52. The molecule has 0 radical (unpaired) electrons. The molecular formula is C10H11ClFN5O. The number of nitrogen functional groups attached to an aromatic ring is 1. The Kier molecular flexibility index (Phi) is 3.63. The van der Waals surface area contributed by atoms with Crippen molar-refractivity contribution in [1.82, 2.24) is 9.97 Å². The van der Waals surface area contributed by atoms with Crippen molar-refractivity contribution in [2.75, 3.05) is 17.4 Å². The predicted molar refractivity (Wildman–Crippen MR) is 65.6 cm³/mol. The minimum absolute atomic E-state index is 0.0411. The summed E-state index contributed by atoms with van der Waals surface area (Å²) >= 11 is 5.69. The summed E-state index contributed by atoms with van der Waals surface area (Å²) in [5, 5.41) is -0.0920. The minimum atomic E-state index is -0.670. The van der Waals surface area contributed by atoms with Crippen LogP contribution in [0.3, 0.4) is 0 Å². The molecule has 0 aliphatic rings. The molecule has 2 rings (SSSR count). The Hall–Kier alpha value is -1.86. The van der Waals surface area contributed by atoms with E-state index in [1.54, 1.807) is 30.3 Å². The van der Waals surface area contributed by atoms with Crippen molar-refractivity contribution in [3.05, 3.63) is 35.3 Å². The zero-order chi connectivity index (χ0) is 13.1. The highest BCUT2D eigenvalue weighted by Crippen LogP contribution is 2.24. The first-order valence-electron chi connectivity index (χ1n) is 5.05. The van der Waals surface area contributed by atoms with Crippen LogP contribution in [0.15, 0.2) is 22.8 Å². The topological polar surface area (TPSA) is 80.2 Å². The number of rotatable bonds is 4. The Morgan fingerprint density at radius 2 is 2.33 bits per heavy atom. The van der Waals surface area contributed by atoms with E-state index in [0.717, 1.165) is 0 Å². The van der Waals surface area contributed by atoms with Crippen molar-refractivity contribution in [3.63, 3.8) is 0 Å². The van der Waals surface area contributed by atoms with Crippen molar-refractivity contribution >= 4 is 23.2 Å². The molecule has 3 N–H and O–H groups in total. The molecule has 0 aliphatic carbocycles. The molecule has 18 heavy (non-hydrogen) atoms. The van der Waals surface area contributed by atoms with Crippen LogP contribution in [0.5, 0.6) is 0 Å². The molecule has 0 atom stereocenters. The van der Waals surface area contributed by atoms with Crippen LogP contribution in [0.2, 0.25) is 5.28 Å². The lowest BCUT2D eigenvalue weighted by molar-refractivity contribution is 0.504. The Labute approximate surface area is 108 Å². The van der Waals surface area contributed by atoms with Gasteiger partial charge in [-0.2, -0.15) is 14.4 Å². The van der Waals surface area contributed by atoms with E-state index in [-0.39, 0.29) is 16.9 Å². The van der Waals surface area contributed by atoms with Crippen molar-refractivity contribution in [1.29, 1.82) is 0 Å². The van der Waals surface area contributed by atoms with Gasteiger partial charge in [0.1, 0.15) is 5.76 Å². The summed E-state index contributed by atoms with van der Waals surface area (Å²) < 4.78 is 19.1. The van der Waals surface area contributed by atoms with Crippen LogP contribution in [0.4, 0.5) is 16.0 Å². The number of hydrazine groups is 1. The number of hydrogen-bond donors (Lipinski definition) is 2. The lowest BCUT2D eigenvalue weighted by atomic mass is 10.4. The molecule has 0 amide bonds. The molecule has 0 fully saturated rings. The number of halogens is 2. The number of nitrogens with two attached hydrogens (primary N) is 1. The average Bonchev–Trinajstić information content (AvgIpc) is 2.84. The molecule has 0 saturated carbocycles. The quantitative estimate of drug-likeness (QED) is 0.501. The van der Waals surface area contributed by atoms with Gasteiger partial charge in [-0.1, -0.05) is 0 Å². The zero-order valence-corrected chi connectivity index (χ0v) is 10.3. The van der Waals surface area contributed by atoms with Gasteiger partial charge in [-0.15, -0.1) is 0 Å².